The number of amides is 1. The van der Waals surface area contributed by atoms with Crippen molar-refractivity contribution >= 4 is 11.9 Å². The Labute approximate surface area is 113 Å². The number of nitrogens with zero attached hydrogens (tertiary/aromatic N) is 1. The largest absolute Gasteiger partial charge is 0.484 e. The predicted octanol–water partition coefficient (Wildman–Crippen LogP) is 1.23. The van der Waals surface area contributed by atoms with Gasteiger partial charge in [-0.05, 0) is 24.3 Å². The number of ether oxygens (including phenoxy) is 1. The quantitative estimate of drug-likeness (QED) is 0.903. The van der Waals surface area contributed by atoms with Crippen molar-refractivity contribution in [2.75, 3.05) is 19.7 Å². The number of carboxylic acid groups (broad SMARTS) is 1. The van der Waals surface area contributed by atoms with Crippen molar-refractivity contribution in [2.45, 2.75) is 12.1 Å². The standard InChI is InChI=1S/C13H13F2NO4/c14-9-1-3-10(4-2-9)20-7-11(17)16-6-5-13(15,8-16)12(18)19/h1-4H,5-8H2,(H,18,19). The highest BCUT2D eigenvalue weighted by Gasteiger charge is 2.46. The molecule has 108 valence electrons. The average Bonchev–Trinajstić information content (AvgIpc) is 2.82. The third-order valence-electron chi connectivity index (χ3n) is 3.13. The van der Waals surface area contributed by atoms with Gasteiger partial charge in [-0.15, -0.1) is 0 Å². The van der Waals surface area contributed by atoms with Crippen molar-refractivity contribution in [3.63, 3.8) is 0 Å². The van der Waals surface area contributed by atoms with Gasteiger partial charge in [-0.1, -0.05) is 0 Å². The van der Waals surface area contributed by atoms with E-state index in [1.807, 2.05) is 0 Å². The lowest BCUT2D eigenvalue weighted by molar-refractivity contribution is -0.150. The topological polar surface area (TPSA) is 66.8 Å². The molecule has 1 aromatic rings. The fourth-order valence-electron chi connectivity index (χ4n) is 1.93. The summed E-state index contributed by atoms with van der Waals surface area (Å²) in [5, 5.41) is 8.73. The molecule has 20 heavy (non-hydrogen) atoms. The Morgan fingerprint density at radius 2 is 2.00 bits per heavy atom. The van der Waals surface area contributed by atoms with Crippen LogP contribution in [0.1, 0.15) is 6.42 Å². The monoisotopic (exact) mass is 285 g/mol. The Morgan fingerprint density at radius 3 is 2.55 bits per heavy atom. The Balaban J connectivity index is 1.87. The van der Waals surface area contributed by atoms with Gasteiger partial charge in [0.25, 0.3) is 5.91 Å². The number of benzene rings is 1. The van der Waals surface area contributed by atoms with Crippen LogP contribution in [0.5, 0.6) is 5.75 Å². The van der Waals surface area contributed by atoms with Crippen LogP contribution in [0.25, 0.3) is 0 Å². The van der Waals surface area contributed by atoms with Crippen molar-refractivity contribution in [3.05, 3.63) is 30.1 Å². The summed E-state index contributed by atoms with van der Waals surface area (Å²) < 4.78 is 31.6. The van der Waals surface area contributed by atoms with E-state index in [0.29, 0.717) is 5.75 Å². The average molecular weight is 285 g/mol. The van der Waals surface area contributed by atoms with E-state index in [-0.39, 0.29) is 19.6 Å². The highest BCUT2D eigenvalue weighted by atomic mass is 19.1. The first-order valence-electron chi connectivity index (χ1n) is 5.99. The van der Waals surface area contributed by atoms with Gasteiger partial charge in [-0.2, -0.15) is 0 Å². The molecule has 5 nitrogen and oxygen atoms in total. The zero-order chi connectivity index (χ0) is 14.8. The number of carbonyl (C=O) groups excluding carboxylic acids is 1. The molecule has 2 rings (SSSR count). The molecule has 0 spiro atoms. The van der Waals surface area contributed by atoms with Crippen LogP contribution in [0.2, 0.25) is 0 Å². The molecular weight excluding hydrogens is 272 g/mol. The van der Waals surface area contributed by atoms with Crippen molar-refractivity contribution in [2.24, 2.45) is 0 Å². The van der Waals surface area contributed by atoms with Gasteiger partial charge in [0.1, 0.15) is 11.6 Å². The summed E-state index contributed by atoms with van der Waals surface area (Å²) in [4.78, 5) is 23.6. The molecule has 1 unspecified atom stereocenters. The minimum atomic E-state index is -2.38. The van der Waals surface area contributed by atoms with E-state index >= 15 is 0 Å². The van der Waals surface area contributed by atoms with E-state index in [4.69, 9.17) is 9.84 Å². The van der Waals surface area contributed by atoms with Gasteiger partial charge in [0.2, 0.25) is 5.67 Å². The number of carbonyl (C=O) groups is 2. The van der Waals surface area contributed by atoms with Crippen LogP contribution in [-0.4, -0.2) is 47.2 Å². The molecule has 1 atom stereocenters. The Kier molecular flexibility index (Phi) is 3.87. The number of alkyl halides is 1. The number of halogens is 2. The van der Waals surface area contributed by atoms with Crippen LogP contribution in [0.15, 0.2) is 24.3 Å². The maximum atomic E-state index is 13.8. The summed E-state index contributed by atoms with van der Waals surface area (Å²) in [6, 6.07) is 5.10. The molecule has 1 heterocycles. The molecule has 0 bridgehead atoms. The minimum Gasteiger partial charge on any atom is -0.484 e. The van der Waals surface area contributed by atoms with E-state index in [1.165, 1.54) is 24.3 Å². The lowest BCUT2D eigenvalue weighted by Gasteiger charge is -2.17. The molecule has 0 radical (unpaired) electrons. The highest BCUT2D eigenvalue weighted by Crippen LogP contribution is 2.26. The summed E-state index contributed by atoms with van der Waals surface area (Å²) in [6.07, 6.45) is -0.232. The van der Waals surface area contributed by atoms with Gasteiger partial charge in [0.15, 0.2) is 6.61 Å². The van der Waals surface area contributed by atoms with Crippen LogP contribution in [0.4, 0.5) is 8.78 Å². The smallest absolute Gasteiger partial charge is 0.343 e. The maximum Gasteiger partial charge on any atom is 0.343 e. The predicted molar refractivity (Wildman–Crippen MR) is 64.6 cm³/mol. The van der Waals surface area contributed by atoms with E-state index in [1.54, 1.807) is 0 Å². The second-order valence-electron chi connectivity index (χ2n) is 4.58. The summed E-state index contributed by atoms with van der Waals surface area (Å²) in [6.45, 7) is -0.788. The van der Waals surface area contributed by atoms with Gasteiger partial charge in [-0.25, -0.2) is 13.6 Å². The molecule has 1 N–H and O–H groups in total. The molecule has 1 fully saturated rings. The number of likely N-dealkylation sites (tertiary alicyclic amines) is 1. The minimum absolute atomic E-state index is 0.0361. The van der Waals surface area contributed by atoms with Gasteiger partial charge < -0.3 is 14.7 Å². The lowest BCUT2D eigenvalue weighted by Crippen LogP contribution is -2.40. The van der Waals surface area contributed by atoms with Crippen LogP contribution in [0, 0.1) is 5.82 Å². The molecule has 0 aliphatic carbocycles. The van der Waals surface area contributed by atoms with Crippen LogP contribution in [0.3, 0.4) is 0 Å². The number of hydrogen-bond acceptors (Lipinski definition) is 3. The number of hydrogen-bond donors (Lipinski definition) is 1. The van der Waals surface area contributed by atoms with Crippen molar-refractivity contribution in [1.82, 2.24) is 4.90 Å². The molecule has 0 aromatic heterocycles. The summed E-state index contributed by atoms with van der Waals surface area (Å²) in [7, 11) is 0. The Morgan fingerprint density at radius 1 is 1.35 bits per heavy atom. The number of aliphatic carboxylic acids is 1. The molecule has 1 aromatic carbocycles. The lowest BCUT2D eigenvalue weighted by atomic mass is 10.1. The molecule has 1 amide bonds. The zero-order valence-electron chi connectivity index (χ0n) is 10.5. The fraction of sp³-hybridized carbons (Fsp3) is 0.385. The normalized spacial score (nSPS) is 21.8. The summed E-state index contributed by atoms with van der Waals surface area (Å²) in [5.41, 5.74) is -2.38. The summed E-state index contributed by atoms with van der Waals surface area (Å²) >= 11 is 0. The number of rotatable bonds is 4. The Hall–Kier alpha value is -2.18. The second-order valence-corrected chi connectivity index (χ2v) is 4.58. The third-order valence-corrected chi connectivity index (χ3v) is 3.13. The molecule has 1 aliphatic rings. The molecular formula is C13H13F2NO4. The van der Waals surface area contributed by atoms with Crippen LogP contribution < -0.4 is 4.74 Å². The Bertz CT molecular complexity index is 520. The summed E-state index contributed by atoms with van der Waals surface area (Å²) in [5.74, 6) is -2.18. The van der Waals surface area contributed by atoms with Crippen molar-refractivity contribution in [3.8, 4) is 5.75 Å². The van der Waals surface area contributed by atoms with Crippen molar-refractivity contribution in [1.29, 1.82) is 0 Å². The molecule has 1 aliphatic heterocycles. The number of carboxylic acids is 1. The van der Waals surface area contributed by atoms with E-state index in [0.717, 1.165) is 4.90 Å². The first-order valence-corrected chi connectivity index (χ1v) is 5.99. The highest BCUT2D eigenvalue weighted by molar-refractivity contribution is 5.83. The van der Waals surface area contributed by atoms with Gasteiger partial charge in [-0.3, -0.25) is 4.79 Å². The maximum absolute atomic E-state index is 13.8. The van der Waals surface area contributed by atoms with Crippen LogP contribution in [-0.2, 0) is 9.59 Å². The van der Waals surface area contributed by atoms with E-state index < -0.39 is 29.9 Å². The molecule has 7 heteroatoms. The molecule has 0 saturated carbocycles. The van der Waals surface area contributed by atoms with Gasteiger partial charge in [0.05, 0.1) is 6.54 Å². The van der Waals surface area contributed by atoms with Gasteiger partial charge >= 0.3 is 5.97 Å². The third kappa shape index (κ3) is 3.04. The SMILES string of the molecule is O=C(COc1ccc(F)cc1)N1CCC(F)(C(=O)O)C1. The molecule has 1 saturated heterocycles. The second kappa shape index (κ2) is 5.44. The van der Waals surface area contributed by atoms with E-state index in [2.05, 4.69) is 0 Å². The fourth-order valence-corrected chi connectivity index (χ4v) is 1.93. The van der Waals surface area contributed by atoms with Crippen LogP contribution >= 0.6 is 0 Å². The zero-order valence-corrected chi connectivity index (χ0v) is 10.5. The van der Waals surface area contributed by atoms with Crippen molar-refractivity contribution < 1.29 is 28.2 Å². The first-order chi connectivity index (χ1) is 9.40. The van der Waals surface area contributed by atoms with Gasteiger partial charge in [0, 0.05) is 13.0 Å². The van der Waals surface area contributed by atoms with E-state index in [9.17, 15) is 18.4 Å². The first kappa shape index (κ1) is 14.2.